The normalized spacial score (nSPS) is 28.8. The molecule has 2 aliphatic rings. The molecule has 0 saturated heterocycles. The zero-order valence-electron chi connectivity index (χ0n) is 14.8. The van der Waals surface area contributed by atoms with E-state index in [0.29, 0.717) is 24.7 Å². The molecule has 2 rings (SSSR count). The van der Waals surface area contributed by atoms with Crippen molar-refractivity contribution in [3.63, 3.8) is 0 Å². The third kappa shape index (κ3) is 7.92. The number of hydrogen-bond donors (Lipinski definition) is 0. The van der Waals surface area contributed by atoms with E-state index >= 15 is 0 Å². The SMILES string of the molecule is C.CC(C)C1CCC(F)(F)CC1.CC1CCC(C(C)C)CC1. The first-order valence-corrected chi connectivity index (χ1v) is 9.09. The fourth-order valence-corrected chi connectivity index (χ4v) is 3.68. The molecule has 0 spiro atoms. The second kappa shape index (κ2) is 9.88. The van der Waals surface area contributed by atoms with E-state index in [4.69, 9.17) is 0 Å². The van der Waals surface area contributed by atoms with Crippen LogP contribution in [0.3, 0.4) is 0 Å². The molecule has 0 heterocycles. The van der Waals surface area contributed by atoms with Crippen molar-refractivity contribution < 1.29 is 8.78 Å². The minimum atomic E-state index is -2.36. The molecule has 2 heteroatoms. The summed E-state index contributed by atoms with van der Waals surface area (Å²) in [7, 11) is 0. The van der Waals surface area contributed by atoms with Gasteiger partial charge in [-0.25, -0.2) is 8.78 Å². The first kappa shape index (κ1) is 21.9. The molecule has 0 nitrogen and oxygen atoms in total. The fourth-order valence-electron chi connectivity index (χ4n) is 3.68. The molecule has 0 aromatic rings. The van der Waals surface area contributed by atoms with Gasteiger partial charge >= 0.3 is 0 Å². The Kier molecular flexibility index (Phi) is 9.82. The summed E-state index contributed by atoms with van der Waals surface area (Å²) in [5, 5.41) is 0. The highest BCUT2D eigenvalue weighted by molar-refractivity contribution is 4.78. The van der Waals surface area contributed by atoms with Crippen molar-refractivity contribution in [2.75, 3.05) is 0 Å². The highest BCUT2D eigenvalue weighted by Crippen LogP contribution is 2.38. The monoisotopic (exact) mass is 318 g/mol. The van der Waals surface area contributed by atoms with Gasteiger partial charge in [-0.1, -0.05) is 54.9 Å². The first-order valence-electron chi connectivity index (χ1n) is 9.09. The summed E-state index contributed by atoms with van der Waals surface area (Å²) >= 11 is 0. The van der Waals surface area contributed by atoms with E-state index in [0.717, 1.165) is 17.8 Å². The van der Waals surface area contributed by atoms with Gasteiger partial charge in [0, 0.05) is 12.8 Å². The van der Waals surface area contributed by atoms with Gasteiger partial charge in [0.2, 0.25) is 5.92 Å². The van der Waals surface area contributed by atoms with Crippen LogP contribution < -0.4 is 0 Å². The zero-order valence-corrected chi connectivity index (χ0v) is 14.8. The smallest absolute Gasteiger partial charge is 0.207 e. The summed E-state index contributed by atoms with van der Waals surface area (Å²) in [6.07, 6.45) is 7.56. The third-order valence-corrected chi connectivity index (χ3v) is 5.71. The molecule has 0 aromatic heterocycles. The Bertz CT molecular complexity index is 265. The Morgan fingerprint density at radius 1 is 0.727 bits per heavy atom. The maximum absolute atomic E-state index is 12.6. The molecule has 0 amide bonds. The van der Waals surface area contributed by atoms with Crippen LogP contribution in [0.25, 0.3) is 0 Å². The van der Waals surface area contributed by atoms with E-state index in [2.05, 4.69) is 34.6 Å². The van der Waals surface area contributed by atoms with E-state index in [-0.39, 0.29) is 20.3 Å². The zero-order chi connectivity index (χ0) is 16.0. The van der Waals surface area contributed by atoms with Crippen molar-refractivity contribution >= 4 is 0 Å². The highest BCUT2D eigenvalue weighted by Gasteiger charge is 2.35. The largest absolute Gasteiger partial charge is 0.248 e. The topological polar surface area (TPSA) is 0 Å². The molecule has 0 aromatic carbocycles. The predicted octanol–water partition coefficient (Wildman–Crippen LogP) is 7.57. The number of halogens is 2. The molecule has 0 N–H and O–H groups in total. The molecular weight excluding hydrogens is 278 g/mol. The molecule has 0 unspecified atom stereocenters. The van der Waals surface area contributed by atoms with Gasteiger partial charge in [-0.3, -0.25) is 0 Å². The van der Waals surface area contributed by atoms with Gasteiger partial charge < -0.3 is 0 Å². The van der Waals surface area contributed by atoms with Crippen LogP contribution in [0.1, 0.15) is 93.4 Å². The molecule has 0 radical (unpaired) electrons. The van der Waals surface area contributed by atoms with Crippen molar-refractivity contribution in [1.29, 1.82) is 0 Å². The molecule has 0 aliphatic heterocycles. The molecule has 2 aliphatic carbocycles. The van der Waals surface area contributed by atoms with Gasteiger partial charge in [0.05, 0.1) is 0 Å². The van der Waals surface area contributed by atoms with Crippen molar-refractivity contribution in [1.82, 2.24) is 0 Å². The van der Waals surface area contributed by atoms with Crippen LogP contribution in [0.15, 0.2) is 0 Å². The van der Waals surface area contributed by atoms with Crippen molar-refractivity contribution in [3.8, 4) is 0 Å². The standard InChI is InChI=1S/C10H20.C9H16F2.CH4/c1-8(2)10-6-4-9(3)5-7-10;1-7(2)8-3-5-9(10,11)6-4-8;/h8-10H,4-7H2,1-3H3;7-8H,3-6H2,1-2H3;1H4. The average molecular weight is 319 g/mol. The highest BCUT2D eigenvalue weighted by atomic mass is 19.3. The minimum Gasteiger partial charge on any atom is -0.207 e. The lowest BCUT2D eigenvalue weighted by Gasteiger charge is -2.30. The maximum atomic E-state index is 12.6. The summed E-state index contributed by atoms with van der Waals surface area (Å²) in [4.78, 5) is 0. The van der Waals surface area contributed by atoms with Crippen molar-refractivity contribution in [2.45, 2.75) is 99.3 Å². The van der Waals surface area contributed by atoms with Crippen molar-refractivity contribution in [3.05, 3.63) is 0 Å². The quantitative estimate of drug-likeness (QED) is 0.492. The van der Waals surface area contributed by atoms with E-state index in [9.17, 15) is 8.78 Å². The summed E-state index contributed by atoms with van der Waals surface area (Å²) in [5.74, 6) is 1.73. The maximum Gasteiger partial charge on any atom is 0.248 e. The second-order valence-corrected chi connectivity index (χ2v) is 8.20. The Balaban J connectivity index is 0.000000385. The molecule has 0 atom stereocenters. The van der Waals surface area contributed by atoms with Crippen LogP contribution in [0, 0.1) is 29.6 Å². The Morgan fingerprint density at radius 3 is 1.45 bits per heavy atom. The van der Waals surface area contributed by atoms with Gasteiger partial charge in [0.1, 0.15) is 0 Å². The number of alkyl halides is 2. The van der Waals surface area contributed by atoms with Crippen LogP contribution in [0.4, 0.5) is 8.78 Å². The molecule has 22 heavy (non-hydrogen) atoms. The number of hydrogen-bond acceptors (Lipinski definition) is 0. The van der Waals surface area contributed by atoms with Gasteiger partial charge in [0.25, 0.3) is 0 Å². The average Bonchev–Trinajstić information content (AvgIpc) is 2.39. The Morgan fingerprint density at radius 2 is 1.09 bits per heavy atom. The van der Waals surface area contributed by atoms with E-state index < -0.39 is 5.92 Å². The van der Waals surface area contributed by atoms with E-state index in [1.54, 1.807) is 0 Å². The Labute approximate surface area is 138 Å². The summed E-state index contributed by atoms with van der Waals surface area (Å²) in [6.45, 7) is 11.3. The van der Waals surface area contributed by atoms with Crippen LogP contribution in [-0.4, -0.2) is 5.92 Å². The lowest BCUT2D eigenvalue weighted by molar-refractivity contribution is -0.0504. The Hall–Kier alpha value is -0.140. The fraction of sp³-hybridized carbons (Fsp3) is 1.00. The third-order valence-electron chi connectivity index (χ3n) is 5.71. The van der Waals surface area contributed by atoms with Gasteiger partial charge in [-0.15, -0.1) is 0 Å². The minimum absolute atomic E-state index is 0. The van der Waals surface area contributed by atoms with Crippen molar-refractivity contribution in [2.24, 2.45) is 29.6 Å². The van der Waals surface area contributed by atoms with Crippen LogP contribution in [0.2, 0.25) is 0 Å². The second-order valence-electron chi connectivity index (χ2n) is 8.20. The van der Waals surface area contributed by atoms with E-state index in [1.165, 1.54) is 25.7 Å². The molecular formula is C20H40F2. The van der Waals surface area contributed by atoms with Crippen LogP contribution in [0.5, 0.6) is 0 Å². The number of rotatable bonds is 2. The first-order chi connectivity index (χ1) is 9.71. The van der Waals surface area contributed by atoms with Gasteiger partial charge in [-0.2, -0.15) is 0 Å². The van der Waals surface area contributed by atoms with Gasteiger partial charge in [0.15, 0.2) is 0 Å². The lowest BCUT2D eigenvalue weighted by Crippen LogP contribution is -2.26. The summed E-state index contributed by atoms with van der Waals surface area (Å²) in [6, 6.07) is 0. The van der Waals surface area contributed by atoms with Crippen LogP contribution in [-0.2, 0) is 0 Å². The molecule has 2 fully saturated rings. The summed E-state index contributed by atoms with van der Waals surface area (Å²) in [5.41, 5.74) is 0. The molecule has 134 valence electrons. The summed E-state index contributed by atoms with van der Waals surface area (Å²) < 4.78 is 25.3. The van der Waals surface area contributed by atoms with E-state index in [1.807, 2.05) is 0 Å². The molecule has 2 saturated carbocycles. The molecule has 0 bridgehead atoms. The lowest BCUT2D eigenvalue weighted by atomic mass is 9.78. The van der Waals surface area contributed by atoms with Crippen LogP contribution >= 0.6 is 0 Å². The predicted molar refractivity (Wildman–Crippen MR) is 94.4 cm³/mol. The van der Waals surface area contributed by atoms with Gasteiger partial charge in [-0.05, 0) is 55.3 Å².